The van der Waals surface area contributed by atoms with Gasteiger partial charge in [-0.1, -0.05) is 24.3 Å². The first-order valence-corrected chi connectivity index (χ1v) is 12.3. The summed E-state index contributed by atoms with van der Waals surface area (Å²) in [5.41, 5.74) is 11.3. The van der Waals surface area contributed by atoms with Crippen LogP contribution in [-0.4, -0.2) is 72.2 Å². The predicted molar refractivity (Wildman–Crippen MR) is 149 cm³/mol. The SMILES string of the molecule is CC(=O)O.CC(=O)O.COc1cc(NC(=O)[C@H](CCCN=C(N)N)NC(=O)[C@@H]2CCCN2)cc2ccccc12. The molecule has 0 aliphatic carbocycles. The van der Waals surface area contributed by atoms with Crippen LogP contribution in [0.3, 0.4) is 0 Å². The van der Waals surface area contributed by atoms with Crippen LogP contribution in [0.25, 0.3) is 10.8 Å². The quantitative estimate of drug-likeness (QED) is 0.136. The van der Waals surface area contributed by atoms with Crippen LogP contribution in [0.1, 0.15) is 39.5 Å². The standard InChI is InChI=1S/C22H30N6O3.2C2H4O2/c1-31-19-13-15(12-14-6-2-3-7-16(14)19)27-21(30)18(9-5-11-26-22(23)24)28-20(29)17-8-4-10-25-17;2*1-2(3)4/h2-3,6-7,12-13,17-18,25H,4-5,8-11H2,1H3,(H,27,30)(H,28,29)(H4,23,24,26);2*1H3,(H,3,4)/t17-,18-;;/m0../s1. The minimum atomic E-state index is -0.833. The van der Waals surface area contributed by atoms with Crippen molar-refractivity contribution < 1.29 is 34.1 Å². The van der Waals surface area contributed by atoms with Crippen molar-refractivity contribution >= 4 is 46.2 Å². The van der Waals surface area contributed by atoms with Gasteiger partial charge in [0.1, 0.15) is 11.8 Å². The lowest BCUT2D eigenvalue weighted by atomic mass is 10.1. The molecule has 1 saturated heterocycles. The Morgan fingerprint density at radius 1 is 1.13 bits per heavy atom. The number of amides is 2. The average molecular weight is 547 g/mol. The molecule has 0 bridgehead atoms. The molecule has 1 heterocycles. The maximum Gasteiger partial charge on any atom is 0.300 e. The number of aliphatic carboxylic acids is 2. The fourth-order valence-corrected chi connectivity index (χ4v) is 3.70. The van der Waals surface area contributed by atoms with Crippen LogP contribution in [-0.2, 0) is 19.2 Å². The molecule has 0 saturated carbocycles. The van der Waals surface area contributed by atoms with E-state index in [4.69, 9.17) is 36.0 Å². The number of fused-ring (bicyclic) bond motifs is 1. The summed E-state index contributed by atoms with van der Waals surface area (Å²) < 4.78 is 5.48. The smallest absolute Gasteiger partial charge is 0.300 e. The molecule has 2 amide bonds. The highest BCUT2D eigenvalue weighted by atomic mass is 16.5. The highest BCUT2D eigenvalue weighted by Crippen LogP contribution is 2.29. The van der Waals surface area contributed by atoms with Crippen molar-refractivity contribution in [2.75, 3.05) is 25.5 Å². The first-order chi connectivity index (χ1) is 18.4. The first-order valence-electron chi connectivity index (χ1n) is 12.3. The van der Waals surface area contributed by atoms with Crippen molar-refractivity contribution in [2.45, 2.75) is 51.6 Å². The molecule has 39 heavy (non-hydrogen) atoms. The molecule has 2 aromatic rings. The lowest BCUT2D eigenvalue weighted by molar-refractivity contribution is -0.135. The minimum absolute atomic E-state index is 0.00320. The summed E-state index contributed by atoms with van der Waals surface area (Å²) in [7, 11) is 1.59. The summed E-state index contributed by atoms with van der Waals surface area (Å²) in [6.45, 7) is 3.35. The molecule has 1 aliphatic heterocycles. The maximum atomic E-state index is 13.1. The van der Waals surface area contributed by atoms with Gasteiger partial charge in [-0.05, 0) is 43.7 Å². The van der Waals surface area contributed by atoms with E-state index in [0.29, 0.717) is 30.8 Å². The summed E-state index contributed by atoms with van der Waals surface area (Å²) in [6.07, 6.45) is 2.66. The van der Waals surface area contributed by atoms with E-state index >= 15 is 0 Å². The van der Waals surface area contributed by atoms with Crippen molar-refractivity contribution in [2.24, 2.45) is 16.5 Å². The number of carbonyl (C=O) groups is 4. The van der Waals surface area contributed by atoms with Crippen LogP contribution < -0.4 is 32.2 Å². The van der Waals surface area contributed by atoms with Crippen molar-refractivity contribution in [3.63, 3.8) is 0 Å². The Hall–Kier alpha value is -4.39. The van der Waals surface area contributed by atoms with Crippen LogP contribution in [0.4, 0.5) is 5.69 Å². The number of rotatable bonds is 9. The number of nitrogens with zero attached hydrogens (tertiary/aromatic N) is 1. The highest BCUT2D eigenvalue weighted by molar-refractivity contribution is 6.00. The summed E-state index contributed by atoms with van der Waals surface area (Å²) >= 11 is 0. The van der Waals surface area contributed by atoms with E-state index in [-0.39, 0.29) is 23.8 Å². The molecule has 13 heteroatoms. The Labute approximate surface area is 227 Å². The molecule has 3 rings (SSSR count). The minimum Gasteiger partial charge on any atom is -0.496 e. The first kappa shape index (κ1) is 32.6. The molecule has 1 fully saturated rings. The van der Waals surface area contributed by atoms with Gasteiger partial charge in [0.2, 0.25) is 11.8 Å². The number of carbonyl (C=O) groups excluding carboxylic acids is 2. The summed E-state index contributed by atoms with van der Waals surface area (Å²) in [5, 5.41) is 25.7. The number of nitrogens with one attached hydrogen (secondary N) is 3. The summed E-state index contributed by atoms with van der Waals surface area (Å²) in [5.74, 6) is -1.47. The molecule has 214 valence electrons. The summed E-state index contributed by atoms with van der Waals surface area (Å²) in [6, 6.07) is 10.4. The van der Waals surface area contributed by atoms with E-state index in [9.17, 15) is 9.59 Å². The zero-order valence-electron chi connectivity index (χ0n) is 22.4. The lowest BCUT2D eigenvalue weighted by Gasteiger charge is -2.21. The number of nitrogens with two attached hydrogens (primary N) is 2. The third-order valence-electron chi connectivity index (χ3n) is 5.27. The third-order valence-corrected chi connectivity index (χ3v) is 5.27. The number of methoxy groups -OCH3 is 1. The Morgan fingerprint density at radius 2 is 1.77 bits per heavy atom. The predicted octanol–water partition coefficient (Wildman–Crippen LogP) is 1.26. The van der Waals surface area contributed by atoms with Gasteiger partial charge in [0.25, 0.3) is 11.9 Å². The van der Waals surface area contributed by atoms with Crippen LogP contribution in [0.5, 0.6) is 5.75 Å². The number of aliphatic imine (C=N–C) groups is 1. The number of guanidine groups is 1. The second-order valence-corrected chi connectivity index (χ2v) is 8.59. The van der Waals surface area contributed by atoms with Crippen LogP contribution in [0.2, 0.25) is 0 Å². The number of hydrogen-bond acceptors (Lipinski definition) is 7. The van der Waals surface area contributed by atoms with E-state index in [0.717, 1.165) is 44.0 Å². The van der Waals surface area contributed by atoms with E-state index < -0.39 is 18.0 Å². The maximum absolute atomic E-state index is 13.1. The van der Waals surface area contributed by atoms with E-state index in [1.807, 2.05) is 30.3 Å². The number of hydrogen-bond donors (Lipinski definition) is 7. The van der Waals surface area contributed by atoms with E-state index in [1.165, 1.54) is 0 Å². The van der Waals surface area contributed by atoms with Gasteiger partial charge < -0.3 is 42.4 Å². The van der Waals surface area contributed by atoms with Gasteiger partial charge in [-0.3, -0.25) is 24.2 Å². The number of carboxylic acids is 2. The van der Waals surface area contributed by atoms with Gasteiger partial charge in [-0.25, -0.2) is 0 Å². The topological polar surface area (TPSA) is 218 Å². The Bertz CT molecular complexity index is 1120. The van der Waals surface area contributed by atoms with Crippen LogP contribution in [0.15, 0.2) is 41.4 Å². The molecular formula is C26H38N6O7. The highest BCUT2D eigenvalue weighted by Gasteiger charge is 2.27. The molecule has 0 unspecified atom stereocenters. The number of ether oxygens (including phenoxy) is 1. The Kier molecular flexibility index (Phi) is 14.4. The third kappa shape index (κ3) is 13.1. The van der Waals surface area contributed by atoms with Gasteiger partial charge in [-0.2, -0.15) is 0 Å². The Morgan fingerprint density at radius 3 is 2.33 bits per heavy atom. The second-order valence-electron chi connectivity index (χ2n) is 8.59. The molecule has 9 N–H and O–H groups in total. The number of benzene rings is 2. The molecule has 0 aromatic heterocycles. The molecule has 2 atom stereocenters. The van der Waals surface area contributed by atoms with Gasteiger partial charge in [0.05, 0.1) is 13.2 Å². The zero-order valence-corrected chi connectivity index (χ0v) is 22.4. The largest absolute Gasteiger partial charge is 0.496 e. The van der Waals surface area contributed by atoms with E-state index in [1.54, 1.807) is 13.2 Å². The summed E-state index contributed by atoms with van der Waals surface area (Å²) in [4.78, 5) is 47.6. The van der Waals surface area contributed by atoms with Crippen molar-refractivity contribution in [3.8, 4) is 5.75 Å². The fraction of sp³-hybridized carbons (Fsp3) is 0.423. The molecule has 0 radical (unpaired) electrons. The van der Waals surface area contributed by atoms with Crippen LogP contribution in [0, 0.1) is 0 Å². The van der Waals surface area contributed by atoms with Gasteiger partial charge in [-0.15, -0.1) is 0 Å². The van der Waals surface area contributed by atoms with Crippen LogP contribution >= 0.6 is 0 Å². The molecule has 0 spiro atoms. The molecular weight excluding hydrogens is 508 g/mol. The van der Waals surface area contributed by atoms with Gasteiger partial charge in [0.15, 0.2) is 5.96 Å². The number of carboxylic acid groups (broad SMARTS) is 2. The monoisotopic (exact) mass is 546 g/mol. The average Bonchev–Trinajstić information content (AvgIpc) is 3.39. The van der Waals surface area contributed by atoms with Crippen molar-refractivity contribution in [1.29, 1.82) is 0 Å². The fourth-order valence-electron chi connectivity index (χ4n) is 3.70. The van der Waals surface area contributed by atoms with Crippen molar-refractivity contribution in [3.05, 3.63) is 36.4 Å². The second kappa shape index (κ2) is 17.2. The molecule has 2 aromatic carbocycles. The lowest BCUT2D eigenvalue weighted by Crippen LogP contribution is -2.49. The van der Waals surface area contributed by atoms with Gasteiger partial charge >= 0.3 is 0 Å². The Balaban J connectivity index is 0.000000838. The normalized spacial score (nSPS) is 14.4. The molecule has 1 aliphatic rings. The molecule has 13 nitrogen and oxygen atoms in total. The van der Waals surface area contributed by atoms with Gasteiger partial charge in [0, 0.05) is 37.5 Å². The zero-order chi connectivity index (χ0) is 29.4. The number of anilines is 1. The van der Waals surface area contributed by atoms with Crippen molar-refractivity contribution in [1.82, 2.24) is 10.6 Å². The van der Waals surface area contributed by atoms with E-state index in [2.05, 4.69) is 20.9 Å².